The van der Waals surface area contributed by atoms with E-state index < -0.39 is 11.9 Å². The molecule has 3 saturated heterocycles. The molecule has 2 N–H and O–H groups in total. The Morgan fingerprint density at radius 1 is 0.765 bits per heavy atom. The van der Waals surface area contributed by atoms with Gasteiger partial charge in [0.05, 0.1) is 0 Å². The van der Waals surface area contributed by atoms with Gasteiger partial charge in [-0.05, 0) is 0 Å². The molecule has 17 heavy (non-hydrogen) atoms. The fourth-order valence-electron chi connectivity index (χ4n) is 1.52. The summed E-state index contributed by atoms with van der Waals surface area (Å²) < 4.78 is 0. The number of hydrogen-bond donors (Lipinski definition) is 2. The summed E-state index contributed by atoms with van der Waals surface area (Å²) >= 11 is 0. The zero-order valence-electron chi connectivity index (χ0n) is 10.2. The molecule has 0 spiro atoms. The van der Waals surface area contributed by atoms with Gasteiger partial charge in [0.1, 0.15) is 0 Å². The summed E-state index contributed by atoms with van der Waals surface area (Å²) in [6.07, 6.45) is 0. The minimum Gasteiger partial charge on any atom is -0.481 e. The van der Waals surface area contributed by atoms with Crippen molar-refractivity contribution in [3.63, 3.8) is 0 Å². The summed E-state index contributed by atoms with van der Waals surface area (Å²) in [5.74, 6) is -1.67. The largest absolute Gasteiger partial charge is 0.481 e. The van der Waals surface area contributed by atoms with Crippen molar-refractivity contribution in [2.75, 3.05) is 39.3 Å². The molecule has 0 amide bonds. The third-order valence-corrected chi connectivity index (χ3v) is 2.20. The maximum Gasteiger partial charge on any atom is 0.300 e. The van der Waals surface area contributed by atoms with Crippen LogP contribution in [-0.2, 0) is 26.4 Å². The Morgan fingerprint density at radius 3 is 0.941 bits per heavy atom. The predicted octanol–water partition coefficient (Wildman–Crippen LogP) is -0.203. The molecular weight excluding hydrogens is 271 g/mol. The fourth-order valence-corrected chi connectivity index (χ4v) is 1.52. The molecule has 3 aliphatic heterocycles. The van der Waals surface area contributed by atoms with Gasteiger partial charge in [0.2, 0.25) is 0 Å². The van der Waals surface area contributed by atoms with E-state index in [1.165, 1.54) is 39.3 Å². The molecule has 0 aromatic heterocycles. The quantitative estimate of drug-likeness (QED) is 0.643. The molecule has 0 aliphatic carbocycles. The zero-order chi connectivity index (χ0) is 12.6. The van der Waals surface area contributed by atoms with Crippen molar-refractivity contribution in [2.24, 2.45) is 0 Å². The predicted molar refractivity (Wildman–Crippen MR) is 59.5 cm³/mol. The first-order valence-corrected chi connectivity index (χ1v) is 5.25. The van der Waals surface area contributed by atoms with Crippen LogP contribution in [0.15, 0.2) is 0 Å². The molecule has 6 nitrogen and oxygen atoms in total. The van der Waals surface area contributed by atoms with Gasteiger partial charge in [0.15, 0.2) is 0 Å². The van der Waals surface area contributed by atoms with Gasteiger partial charge in [-0.1, -0.05) is 0 Å². The van der Waals surface area contributed by atoms with Gasteiger partial charge in [-0.15, -0.1) is 0 Å². The normalized spacial score (nSPS) is 24.1. The molecule has 103 valence electrons. The molecule has 0 aromatic carbocycles. The van der Waals surface area contributed by atoms with Crippen LogP contribution in [-0.4, -0.2) is 71.2 Å². The van der Waals surface area contributed by atoms with Crippen LogP contribution < -0.4 is 0 Å². The van der Waals surface area contributed by atoms with Crippen molar-refractivity contribution in [3.8, 4) is 0 Å². The first-order chi connectivity index (χ1) is 7.41. The van der Waals surface area contributed by atoms with Gasteiger partial charge in [-0.25, -0.2) is 0 Å². The van der Waals surface area contributed by atoms with E-state index in [0.717, 1.165) is 13.8 Å². The van der Waals surface area contributed by atoms with E-state index in [-0.39, 0.29) is 16.8 Å². The molecule has 0 saturated carbocycles. The Labute approximate surface area is 112 Å². The molecule has 7 heteroatoms. The van der Waals surface area contributed by atoms with Crippen LogP contribution in [0.4, 0.5) is 0 Å². The second-order valence-corrected chi connectivity index (χ2v) is 3.72. The van der Waals surface area contributed by atoms with E-state index in [1.807, 2.05) is 0 Å². The van der Waals surface area contributed by atoms with Crippen molar-refractivity contribution in [3.05, 3.63) is 0 Å². The monoisotopic (exact) mass is 291 g/mol. The number of carbonyl (C=O) groups is 2. The maximum atomic E-state index is 9.00. The van der Waals surface area contributed by atoms with E-state index in [2.05, 4.69) is 9.80 Å². The van der Waals surface area contributed by atoms with Gasteiger partial charge in [-0.3, -0.25) is 19.4 Å². The van der Waals surface area contributed by atoms with Gasteiger partial charge in [0.25, 0.3) is 11.9 Å². The average molecular weight is 291 g/mol. The molecule has 3 fully saturated rings. The zero-order valence-corrected chi connectivity index (χ0v) is 11.2. The van der Waals surface area contributed by atoms with E-state index in [1.54, 1.807) is 0 Å². The van der Waals surface area contributed by atoms with Crippen molar-refractivity contribution >= 4 is 11.9 Å². The number of carboxylic acids is 2. The Balaban J connectivity index is 0. The van der Waals surface area contributed by atoms with Crippen molar-refractivity contribution in [2.45, 2.75) is 13.8 Å². The summed E-state index contributed by atoms with van der Waals surface area (Å²) in [4.78, 5) is 23.1. The maximum absolute atomic E-state index is 9.00. The standard InChI is InChI=1S/C6H12N2.2C2H4O2.Co/c1-2-8-5-3-7(1)4-6-8;2*1-2(3)4;/h1-6H2;2*1H3,(H,3,4);. The Bertz CT molecular complexity index is 187. The van der Waals surface area contributed by atoms with Crippen LogP contribution in [0.2, 0.25) is 0 Å². The van der Waals surface area contributed by atoms with E-state index in [4.69, 9.17) is 19.8 Å². The number of carboxylic acid groups (broad SMARTS) is 2. The minimum atomic E-state index is -0.833. The molecule has 0 aromatic rings. The number of piperazine rings is 3. The molecular formula is C10H20CoN2O4. The average Bonchev–Trinajstić information content (AvgIpc) is 2.19. The van der Waals surface area contributed by atoms with Crippen molar-refractivity contribution < 1.29 is 36.6 Å². The van der Waals surface area contributed by atoms with Crippen molar-refractivity contribution in [1.82, 2.24) is 9.80 Å². The number of aliphatic carboxylic acids is 2. The second kappa shape index (κ2) is 10.5. The van der Waals surface area contributed by atoms with Crippen molar-refractivity contribution in [1.29, 1.82) is 0 Å². The van der Waals surface area contributed by atoms with Crippen LogP contribution in [0, 0.1) is 0 Å². The van der Waals surface area contributed by atoms with Crippen LogP contribution in [0.1, 0.15) is 13.8 Å². The third kappa shape index (κ3) is 13.3. The third-order valence-electron chi connectivity index (χ3n) is 2.20. The molecule has 1 radical (unpaired) electrons. The van der Waals surface area contributed by atoms with Crippen LogP contribution in [0.25, 0.3) is 0 Å². The second-order valence-electron chi connectivity index (χ2n) is 3.72. The number of fused-ring (bicyclic) bond motifs is 3. The van der Waals surface area contributed by atoms with Gasteiger partial charge >= 0.3 is 0 Å². The Kier molecular flexibility index (Phi) is 11.6. The number of hydrogen-bond acceptors (Lipinski definition) is 4. The summed E-state index contributed by atoms with van der Waals surface area (Å²) in [6.45, 7) is 10.1. The van der Waals surface area contributed by atoms with Gasteiger partial charge < -0.3 is 10.2 Å². The van der Waals surface area contributed by atoms with Crippen LogP contribution in [0.3, 0.4) is 0 Å². The molecule has 3 rings (SSSR count). The van der Waals surface area contributed by atoms with E-state index in [0.29, 0.717) is 0 Å². The van der Waals surface area contributed by atoms with E-state index >= 15 is 0 Å². The first kappa shape index (κ1) is 18.7. The fraction of sp³-hybridized carbons (Fsp3) is 0.800. The number of nitrogens with zero attached hydrogens (tertiary/aromatic N) is 2. The molecule has 0 unspecified atom stereocenters. The summed E-state index contributed by atoms with van der Waals surface area (Å²) in [5.41, 5.74) is 0. The molecule has 3 aliphatic rings. The van der Waals surface area contributed by atoms with Crippen LogP contribution >= 0.6 is 0 Å². The molecule has 0 atom stereocenters. The molecule has 3 heterocycles. The molecule has 2 bridgehead atoms. The number of rotatable bonds is 0. The Hall–Kier alpha value is -0.634. The van der Waals surface area contributed by atoms with Gasteiger partial charge in [0, 0.05) is 69.9 Å². The van der Waals surface area contributed by atoms with Crippen LogP contribution in [0.5, 0.6) is 0 Å². The smallest absolute Gasteiger partial charge is 0.300 e. The van der Waals surface area contributed by atoms with E-state index in [9.17, 15) is 0 Å². The Morgan fingerprint density at radius 2 is 0.882 bits per heavy atom. The first-order valence-electron chi connectivity index (χ1n) is 5.25. The summed E-state index contributed by atoms with van der Waals surface area (Å²) in [7, 11) is 0. The summed E-state index contributed by atoms with van der Waals surface area (Å²) in [6, 6.07) is 0. The van der Waals surface area contributed by atoms with Gasteiger partial charge in [-0.2, -0.15) is 0 Å². The SMILES string of the molecule is C1CN2CCN1CC2.CC(=O)O.CC(=O)O.[Co]. The minimum absolute atomic E-state index is 0. The summed E-state index contributed by atoms with van der Waals surface area (Å²) in [5, 5.41) is 14.8. The topological polar surface area (TPSA) is 81.1 Å².